The molecule has 0 aromatic heterocycles. The second-order valence-electron chi connectivity index (χ2n) is 7.12. The van der Waals surface area contributed by atoms with Crippen LogP contribution < -0.4 is 10.1 Å². The van der Waals surface area contributed by atoms with Gasteiger partial charge in [0.2, 0.25) is 0 Å². The molecule has 0 saturated heterocycles. The summed E-state index contributed by atoms with van der Waals surface area (Å²) < 4.78 is 55.2. The van der Waals surface area contributed by atoms with Gasteiger partial charge < -0.3 is 19.5 Å². The molecule has 1 amide bonds. The summed E-state index contributed by atoms with van der Waals surface area (Å²) in [6.07, 6.45) is -5.19. The summed E-state index contributed by atoms with van der Waals surface area (Å²) in [5.41, 5.74) is -1.55. The summed E-state index contributed by atoms with van der Waals surface area (Å²) in [6.45, 7) is 6.45. The highest BCUT2D eigenvalue weighted by Crippen LogP contribution is 2.40. The Labute approximate surface area is 162 Å². The Morgan fingerprint density at radius 2 is 1.82 bits per heavy atom. The van der Waals surface area contributed by atoms with E-state index in [0.29, 0.717) is 0 Å². The molecule has 0 fully saturated rings. The molecule has 1 atom stereocenters. The third-order valence-electron chi connectivity index (χ3n) is 3.55. The van der Waals surface area contributed by atoms with Crippen LogP contribution >= 0.6 is 0 Å². The molecule has 0 aliphatic rings. The second kappa shape index (κ2) is 9.66. The van der Waals surface area contributed by atoms with Crippen LogP contribution in [0.1, 0.15) is 57.7 Å². The van der Waals surface area contributed by atoms with Gasteiger partial charge in [0, 0.05) is 12.0 Å². The Morgan fingerprint density at radius 3 is 2.36 bits per heavy atom. The number of alkyl halides is 3. The summed E-state index contributed by atoms with van der Waals surface area (Å²) >= 11 is 0. The third kappa shape index (κ3) is 7.66. The first-order valence-electron chi connectivity index (χ1n) is 8.74. The molecule has 0 heterocycles. The van der Waals surface area contributed by atoms with Crippen LogP contribution in [0, 0.1) is 0 Å². The molecule has 0 aliphatic heterocycles. The lowest BCUT2D eigenvalue weighted by molar-refractivity contribution is -0.141. The molecular formula is C19H26F3NO5. The minimum atomic E-state index is -4.64. The molecule has 0 bridgehead atoms. The number of esters is 1. The Morgan fingerprint density at radius 1 is 1.18 bits per heavy atom. The van der Waals surface area contributed by atoms with Crippen molar-refractivity contribution in [3.8, 4) is 5.75 Å². The quantitative estimate of drug-likeness (QED) is 0.529. The van der Waals surface area contributed by atoms with Crippen LogP contribution in [0.25, 0.3) is 0 Å². The Balaban J connectivity index is 3.03. The monoisotopic (exact) mass is 405 g/mol. The van der Waals surface area contributed by atoms with Gasteiger partial charge in [-0.15, -0.1) is 0 Å². The topological polar surface area (TPSA) is 73.9 Å². The van der Waals surface area contributed by atoms with E-state index in [-0.39, 0.29) is 30.8 Å². The van der Waals surface area contributed by atoms with Crippen molar-refractivity contribution in [3.63, 3.8) is 0 Å². The molecule has 0 spiro atoms. The van der Waals surface area contributed by atoms with Crippen molar-refractivity contribution in [2.75, 3.05) is 13.7 Å². The highest BCUT2D eigenvalue weighted by Gasteiger charge is 2.36. The smallest absolute Gasteiger partial charge is 0.419 e. The van der Waals surface area contributed by atoms with Crippen molar-refractivity contribution in [2.45, 2.75) is 58.4 Å². The number of nitrogens with one attached hydrogen (secondary N) is 1. The van der Waals surface area contributed by atoms with Gasteiger partial charge in [-0.2, -0.15) is 13.2 Å². The molecule has 9 heteroatoms. The van der Waals surface area contributed by atoms with Gasteiger partial charge in [-0.3, -0.25) is 4.79 Å². The number of methoxy groups -OCH3 is 1. The molecule has 0 unspecified atom stereocenters. The maximum absolute atomic E-state index is 13.4. The maximum atomic E-state index is 13.4. The van der Waals surface area contributed by atoms with Gasteiger partial charge >= 0.3 is 18.2 Å². The van der Waals surface area contributed by atoms with E-state index in [9.17, 15) is 22.8 Å². The van der Waals surface area contributed by atoms with E-state index in [2.05, 4.69) is 10.1 Å². The van der Waals surface area contributed by atoms with Gasteiger partial charge in [0.05, 0.1) is 25.3 Å². The van der Waals surface area contributed by atoms with Gasteiger partial charge in [-0.1, -0.05) is 12.1 Å². The zero-order valence-electron chi connectivity index (χ0n) is 16.6. The first kappa shape index (κ1) is 23.6. The van der Waals surface area contributed by atoms with Crippen molar-refractivity contribution >= 4 is 12.1 Å². The Kier molecular flexibility index (Phi) is 8.14. The van der Waals surface area contributed by atoms with Crippen molar-refractivity contribution in [1.29, 1.82) is 0 Å². The van der Waals surface area contributed by atoms with Crippen LogP contribution in [0.2, 0.25) is 0 Å². The van der Waals surface area contributed by atoms with Gasteiger partial charge in [0.1, 0.15) is 11.4 Å². The van der Waals surface area contributed by atoms with Crippen molar-refractivity contribution in [2.24, 2.45) is 0 Å². The molecule has 0 aliphatic carbocycles. The molecule has 0 saturated carbocycles. The normalized spacial score (nSPS) is 12.9. The van der Waals surface area contributed by atoms with Gasteiger partial charge in [-0.25, -0.2) is 4.79 Å². The fraction of sp³-hybridized carbons (Fsp3) is 0.579. The van der Waals surface area contributed by atoms with E-state index >= 15 is 0 Å². The zero-order valence-corrected chi connectivity index (χ0v) is 16.6. The zero-order chi connectivity index (χ0) is 21.5. The molecule has 1 rings (SSSR count). The van der Waals surface area contributed by atoms with Crippen LogP contribution in [-0.2, 0) is 20.4 Å². The van der Waals surface area contributed by atoms with Crippen molar-refractivity contribution in [1.82, 2.24) is 5.32 Å². The number of carbonyl (C=O) groups excluding carboxylic acids is 2. The average Bonchev–Trinajstić information content (AvgIpc) is 2.55. The number of carbonyl (C=O) groups is 2. The fourth-order valence-electron chi connectivity index (χ4n) is 2.34. The molecule has 0 radical (unpaired) electrons. The predicted octanol–water partition coefficient (Wildman–Crippen LogP) is 4.62. The van der Waals surface area contributed by atoms with Crippen LogP contribution in [0.4, 0.5) is 18.0 Å². The highest BCUT2D eigenvalue weighted by atomic mass is 19.4. The van der Waals surface area contributed by atoms with Crippen LogP contribution in [-0.4, -0.2) is 31.4 Å². The SMILES string of the molecule is COC(=O)CCCOc1c([C@@H](C)NC(=O)OC(C)(C)C)cccc1C(F)(F)F. The number of ether oxygens (including phenoxy) is 3. The van der Waals surface area contributed by atoms with Crippen molar-refractivity contribution in [3.05, 3.63) is 29.3 Å². The largest absolute Gasteiger partial charge is 0.493 e. The highest BCUT2D eigenvalue weighted by molar-refractivity contribution is 5.69. The molecule has 28 heavy (non-hydrogen) atoms. The van der Waals surface area contributed by atoms with Crippen LogP contribution in [0.5, 0.6) is 5.75 Å². The van der Waals surface area contributed by atoms with Crippen molar-refractivity contribution < 1.29 is 37.0 Å². The minimum Gasteiger partial charge on any atom is -0.493 e. The first-order chi connectivity index (χ1) is 12.8. The van der Waals surface area contributed by atoms with E-state index in [0.717, 1.165) is 6.07 Å². The Bertz CT molecular complexity index is 683. The number of rotatable bonds is 7. The van der Waals surface area contributed by atoms with E-state index in [1.807, 2.05) is 0 Å². The van der Waals surface area contributed by atoms with E-state index in [1.165, 1.54) is 26.2 Å². The molecule has 1 aromatic rings. The number of alkyl carbamates (subject to hydrolysis) is 1. The standard InChI is InChI=1S/C19H26F3NO5/c1-12(23-17(25)28-18(2,3)4)13-8-6-9-14(19(20,21)22)16(13)27-11-7-10-15(24)26-5/h6,8-9,12H,7,10-11H2,1-5H3,(H,23,25)/t12-/m1/s1. The van der Waals surface area contributed by atoms with E-state index in [4.69, 9.17) is 9.47 Å². The molecule has 6 nitrogen and oxygen atoms in total. The minimum absolute atomic E-state index is 0.0196. The number of para-hydroxylation sites is 1. The maximum Gasteiger partial charge on any atom is 0.419 e. The lowest BCUT2D eigenvalue weighted by Gasteiger charge is -2.24. The third-order valence-corrected chi connectivity index (χ3v) is 3.55. The lowest BCUT2D eigenvalue weighted by atomic mass is 10.0. The number of benzene rings is 1. The number of hydrogen-bond donors (Lipinski definition) is 1. The van der Waals surface area contributed by atoms with E-state index < -0.39 is 35.4 Å². The molecule has 158 valence electrons. The number of amides is 1. The number of hydrogen-bond acceptors (Lipinski definition) is 5. The summed E-state index contributed by atoms with van der Waals surface area (Å²) in [5, 5.41) is 2.51. The van der Waals surface area contributed by atoms with Crippen LogP contribution in [0.3, 0.4) is 0 Å². The first-order valence-corrected chi connectivity index (χ1v) is 8.74. The number of halogens is 3. The summed E-state index contributed by atoms with van der Waals surface area (Å²) in [6, 6.07) is 2.78. The molecule has 1 N–H and O–H groups in total. The van der Waals surface area contributed by atoms with Gasteiger partial charge in [-0.05, 0) is 40.2 Å². The predicted molar refractivity (Wildman–Crippen MR) is 96.0 cm³/mol. The lowest BCUT2D eigenvalue weighted by Crippen LogP contribution is -2.34. The summed E-state index contributed by atoms with van der Waals surface area (Å²) in [5.74, 6) is -0.865. The van der Waals surface area contributed by atoms with Gasteiger partial charge in [0.25, 0.3) is 0 Å². The Hall–Kier alpha value is -2.45. The molecular weight excluding hydrogens is 379 g/mol. The van der Waals surface area contributed by atoms with Crippen LogP contribution in [0.15, 0.2) is 18.2 Å². The molecule has 1 aromatic carbocycles. The fourth-order valence-corrected chi connectivity index (χ4v) is 2.34. The van der Waals surface area contributed by atoms with E-state index in [1.54, 1.807) is 20.8 Å². The summed E-state index contributed by atoms with van der Waals surface area (Å²) in [4.78, 5) is 23.1. The second-order valence-corrected chi connectivity index (χ2v) is 7.12. The average molecular weight is 405 g/mol. The summed E-state index contributed by atoms with van der Waals surface area (Å²) in [7, 11) is 1.23. The van der Waals surface area contributed by atoms with Gasteiger partial charge in [0.15, 0.2) is 0 Å².